The lowest BCUT2D eigenvalue weighted by Crippen LogP contribution is -2.21. The maximum Gasteiger partial charge on any atom is 0.341 e. The maximum absolute atomic E-state index is 15.2. The third-order valence-electron chi connectivity index (χ3n) is 6.15. The number of nitrogens with one attached hydrogen (secondary N) is 1. The number of hydrogen-bond donors (Lipinski definition) is 2. The van der Waals surface area contributed by atoms with Crippen molar-refractivity contribution in [3.05, 3.63) is 74.8 Å². The molecule has 1 aliphatic heterocycles. The van der Waals surface area contributed by atoms with Gasteiger partial charge in [-0.05, 0) is 41.7 Å². The van der Waals surface area contributed by atoms with E-state index in [1.807, 2.05) is 23.1 Å². The van der Waals surface area contributed by atoms with E-state index in [-0.39, 0.29) is 22.9 Å². The van der Waals surface area contributed by atoms with Crippen LogP contribution in [0.25, 0.3) is 10.9 Å². The van der Waals surface area contributed by atoms with Crippen molar-refractivity contribution in [2.24, 2.45) is 0 Å². The summed E-state index contributed by atoms with van der Waals surface area (Å²) in [4.78, 5) is 37.3. The number of hydrogen-bond acceptors (Lipinski definition) is 4. The number of nitrogens with zero attached hydrogens (tertiary/aromatic N) is 2. The second-order valence-corrected chi connectivity index (χ2v) is 8.51. The molecule has 3 aromatic rings. The second-order valence-electron chi connectivity index (χ2n) is 8.51. The van der Waals surface area contributed by atoms with E-state index in [4.69, 9.17) is 0 Å². The minimum absolute atomic E-state index is 0.0901. The molecule has 1 amide bonds. The average Bonchev–Trinajstić information content (AvgIpc) is 3.50. The summed E-state index contributed by atoms with van der Waals surface area (Å²) in [7, 11) is 0. The number of aromatic carboxylic acids is 1. The van der Waals surface area contributed by atoms with Gasteiger partial charge in [-0.3, -0.25) is 9.59 Å². The van der Waals surface area contributed by atoms with Crippen molar-refractivity contribution in [3.8, 4) is 0 Å². The number of amides is 1. The number of anilines is 1. The lowest BCUT2D eigenvalue weighted by atomic mass is 10.1. The normalized spacial score (nSPS) is 15.1. The van der Waals surface area contributed by atoms with E-state index in [0.717, 1.165) is 29.5 Å². The Hall–Kier alpha value is -3.68. The molecule has 2 N–H and O–H groups in total. The van der Waals surface area contributed by atoms with Crippen LogP contribution in [0.5, 0.6) is 0 Å². The number of carbonyl (C=O) groups is 2. The molecule has 0 atom stereocenters. The Morgan fingerprint density at radius 1 is 1.16 bits per heavy atom. The quantitative estimate of drug-likeness (QED) is 0.642. The molecule has 164 valence electrons. The molecule has 5 rings (SSSR count). The van der Waals surface area contributed by atoms with E-state index in [0.29, 0.717) is 30.8 Å². The summed E-state index contributed by atoms with van der Waals surface area (Å²) in [5, 5.41) is 12.3. The van der Waals surface area contributed by atoms with Gasteiger partial charge in [0.05, 0.1) is 11.2 Å². The molecule has 0 bridgehead atoms. The molecule has 1 fully saturated rings. The number of halogens is 1. The van der Waals surface area contributed by atoms with Crippen LogP contribution in [0.15, 0.2) is 41.3 Å². The van der Waals surface area contributed by atoms with Crippen molar-refractivity contribution in [1.82, 2.24) is 9.88 Å². The number of carbonyl (C=O) groups excluding carboxylic acids is 1. The molecule has 2 heterocycles. The summed E-state index contributed by atoms with van der Waals surface area (Å²) in [5.74, 6) is -1.95. The van der Waals surface area contributed by atoms with Gasteiger partial charge >= 0.3 is 5.97 Å². The number of fused-ring (bicyclic) bond motifs is 2. The van der Waals surface area contributed by atoms with Gasteiger partial charge in [-0.15, -0.1) is 0 Å². The SMILES string of the molecule is CC(=O)NCc1ccc2c(c1)CN(c1cc3c(cc1F)c(=O)c(C(=O)O)cn3C1CC1)C2. The van der Waals surface area contributed by atoms with Crippen LogP contribution in [-0.2, 0) is 24.4 Å². The lowest BCUT2D eigenvalue weighted by Gasteiger charge is -2.21. The van der Waals surface area contributed by atoms with Gasteiger partial charge < -0.3 is 19.9 Å². The van der Waals surface area contributed by atoms with Gasteiger partial charge in [0.15, 0.2) is 0 Å². The molecule has 1 saturated carbocycles. The summed E-state index contributed by atoms with van der Waals surface area (Å²) >= 11 is 0. The number of aromatic nitrogens is 1. The Morgan fingerprint density at radius 2 is 1.91 bits per heavy atom. The molecule has 7 nitrogen and oxygen atoms in total. The second kappa shape index (κ2) is 7.47. The first-order valence-corrected chi connectivity index (χ1v) is 10.5. The van der Waals surface area contributed by atoms with E-state index < -0.39 is 17.2 Å². The summed E-state index contributed by atoms with van der Waals surface area (Å²) in [6, 6.07) is 8.92. The molecule has 1 aromatic heterocycles. The van der Waals surface area contributed by atoms with Crippen LogP contribution < -0.4 is 15.6 Å². The van der Waals surface area contributed by atoms with Crippen molar-refractivity contribution in [2.45, 2.75) is 45.4 Å². The van der Waals surface area contributed by atoms with Gasteiger partial charge in [-0.2, -0.15) is 0 Å². The van der Waals surface area contributed by atoms with Crippen molar-refractivity contribution < 1.29 is 19.1 Å². The number of carboxylic acid groups (broad SMARTS) is 1. The van der Waals surface area contributed by atoms with Gasteiger partial charge in [0.2, 0.25) is 11.3 Å². The minimum Gasteiger partial charge on any atom is -0.477 e. The molecular formula is C24H22FN3O4. The van der Waals surface area contributed by atoms with Crippen LogP contribution >= 0.6 is 0 Å². The molecule has 32 heavy (non-hydrogen) atoms. The highest BCUT2D eigenvalue weighted by atomic mass is 19.1. The fourth-order valence-corrected chi connectivity index (χ4v) is 4.36. The Morgan fingerprint density at radius 3 is 2.59 bits per heavy atom. The number of rotatable bonds is 5. The zero-order chi connectivity index (χ0) is 22.6. The Kier molecular flexibility index (Phi) is 4.73. The number of carboxylic acids is 1. The third kappa shape index (κ3) is 3.51. The van der Waals surface area contributed by atoms with Crippen molar-refractivity contribution in [1.29, 1.82) is 0 Å². The highest BCUT2D eigenvalue weighted by molar-refractivity contribution is 5.93. The standard InChI is InChI=1S/C24H22FN3O4/c1-13(29)26-9-14-2-3-15-10-27(11-16(15)6-14)22-8-21-18(7-20(22)25)23(30)19(24(31)32)12-28(21)17-4-5-17/h2-3,6-8,12,17H,4-5,9-11H2,1H3,(H,26,29)(H,31,32). The number of benzene rings is 2. The topological polar surface area (TPSA) is 91.6 Å². The summed E-state index contributed by atoms with van der Waals surface area (Å²) < 4.78 is 17.0. The summed E-state index contributed by atoms with van der Waals surface area (Å²) in [6.45, 7) is 2.94. The Balaban J connectivity index is 1.53. The predicted molar refractivity (Wildman–Crippen MR) is 117 cm³/mol. The molecule has 0 unspecified atom stereocenters. The first-order valence-electron chi connectivity index (χ1n) is 10.5. The van der Waals surface area contributed by atoms with Gasteiger partial charge in [-0.25, -0.2) is 9.18 Å². The fourth-order valence-electron chi connectivity index (χ4n) is 4.36. The van der Waals surface area contributed by atoms with Crippen LogP contribution in [0.4, 0.5) is 10.1 Å². The third-order valence-corrected chi connectivity index (χ3v) is 6.15. The molecule has 0 saturated heterocycles. The van der Waals surface area contributed by atoms with E-state index in [1.165, 1.54) is 19.2 Å². The zero-order valence-corrected chi connectivity index (χ0v) is 17.5. The van der Waals surface area contributed by atoms with Crippen LogP contribution in [0, 0.1) is 5.82 Å². The smallest absolute Gasteiger partial charge is 0.341 e. The molecular weight excluding hydrogens is 413 g/mol. The highest BCUT2D eigenvalue weighted by Crippen LogP contribution is 2.39. The summed E-state index contributed by atoms with van der Waals surface area (Å²) in [6.07, 6.45) is 3.19. The lowest BCUT2D eigenvalue weighted by molar-refractivity contribution is -0.119. The van der Waals surface area contributed by atoms with E-state index >= 15 is 4.39 Å². The molecule has 2 aromatic carbocycles. The zero-order valence-electron chi connectivity index (χ0n) is 17.5. The first-order chi connectivity index (χ1) is 15.3. The van der Waals surface area contributed by atoms with Crippen LogP contribution in [0.3, 0.4) is 0 Å². The predicted octanol–water partition coefficient (Wildman–Crippen LogP) is 3.33. The first kappa shape index (κ1) is 20.2. The van der Waals surface area contributed by atoms with E-state index in [1.54, 1.807) is 10.6 Å². The van der Waals surface area contributed by atoms with E-state index in [9.17, 15) is 19.5 Å². The number of pyridine rings is 1. The van der Waals surface area contributed by atoms with Crippen molar-refractivity contribution in [3.63, 3.8) is 0 Å². The summed E-state index contributed by atoms with van der Waals surface area (Å²) in [5.41, 5.74) is 3.06. The van der Waals surface area contributed by atoms with Crippen LogP contribution in [-0.4, -0.2) is 21.6 Å². The average molecular weight is 435 g/mol. The molecule has 0 radical (unpaired) electrons. The maximum atomic E-state index is 15.2. The molecule has 8 heteroatoms. The fraction of sp³-hybridized carbons (Fsp3) is 0.292. The monoisotopic (exact) mass is 435 g/mol. The van der Waals surface area contributed by atoms with Crippen LogP contribution in [0.2, 0.25) is 0 Å². The van der Waals surface area contributed by atoms with Crippen LogP contribution in [0.1, 0.15) is 52.9 Å². The highest BCUT2D eigenvalue weighted by Gasteiger charge is 2.29. The van der Waals surface area contributed by atoms with Crippen molar-refractivity contribution in [2.75, 3.05) is 4.90 Å². The van der Waals surface area contributed by atoms with E-state index in [2.05, 4.69) is 5.32 Å². The Labute approximate surface area is 183 Å². The molecule has 2 aliphatic rings. The largest absolute Gasteiger partial charge is 0.477 e. The molecule has 1 aliphatic carbocycles. The van der Waals surface area contributed by atoms with Crippen molar-refractivity contribution >= 4 is 28.5 Å². The molecule has 0 spiro atoms. The van der Waals surface area contributed by atoms with Gasteiger partial charge in [-0.1, -0.05) is 18.2 Å². The van der Waals surface area contributed by atoms with Gasteiger partial charge in [0.1, 0.15) is 11.4 Å². The van der Waals surface area contributed by atoms with Gasteiger partial charge in [0.25, 0.3) is 0 Å². The van der Waals surface area contributed by atoms with Gasteiger partial charge in [0, 0.05) is 44.2 Å². The minimum atomic E-state index is -1.30. The Bertz CT molecular complexity index is 1340.